The van der Waals surface area contributed by atoms with Crippen molar-refractivity contribution in [1.29, 1.82) is 0 Å². The normalized spacial score (nSPS) is 20.5. The maximum absolute atomic E-state index is 14.3. The van der Waals surface area contributed by atoms with Crippen LogP contribution in [0.1, 0.15) is 64.0 Å². The highest BCUT2D eigenvalue weighted by Gasteiger charge is 2.39. The van der Waals surface area contributed by atoms with Gasteiger partial charge in [0.15, 0.2) is 0 Å². The zero-order chi connectivity index (χ0) is 15.1. The van der Waals surface area contributed by atoms with Gasteiger partial charge < -0.3 is 0 Å². The molecule has 0 aromatic heterocycles. The van der Waals surface area contributed by atoms with Crippen LogP contribution >= 0.6 is 0 Å². The second-order valence-electron chi connectivity index (χ2n) is 6.96. The van der Waals surface area contributed by atoms with Gasteiger partial charge in [0.1, 0.15) is 5.82 Å². The summed E-state index contributed by atoms with van der Waals surface area (Å²) >= 11 is 0. The molecule has 2 nitrogen and oxygen atoms in total. The third kappa shape index (κ3) is 3.12. The van der Waals surface area contributed by atoms with E-state index in [4.69, 9.17) is 5.14 Å². The standard InChI is InChI=1S/C16H24FNOS/c1-11(10-15(2,3)20(18)19)13-6-5-12(9-14(13)17)16(4)7-8-16/h5-6,9,11H,7-8,10,18H2,1-4H3/t11-,20?/m0/s1. The molecule has 1 unspecified atom stereocenters. The zero-order valence-electron chi connectivity index (χ0n) is 12.7. The van der Waals surface area contributed by atoms with Crippen LogP contribution in [0.4, 0.5) is 4.39 Å². The van der Waals surface area contributed by atoms with Gasteiger partial charge in [0.2, 0.25) is 0 Å². The molecule has 0 aliphatic heterocycles. The van der Waals surface area contributed by atoms with Crippen molar-refractivity contribution in [3.05, 3.63) is 35.1 Å². The summed E-state index contributed by atoms with van der Waals surface area (Å²) in [5, 5.41) is 5.50. The lowest BCUT2D eigenvalue weighted by atomic mass is 9.88. The summed E-state index contributed by atoms with van der Waals surface area (Å²) in [5.74, 6) is -0.153. The molecule has 2 N–H and O–H groups in total. The maximum atomic E-state index is 14.3. The molecule has 1 aliphatic carbocycles. The summed E-state index contributed by atoms with van der Waals surface area (Å²) in [7, 11) is -1.41. The minimum Gasteiger partial charge on any atom is -0.251 e. The molecule has 0 radical (unpaired) electrons. The summed E-state index contributed by atoms with van der Waals surface area (Å²) in [6.45, 7) is 7.85. The van der Waals surface area contributed by atoms with Crippen molar-refractivity contribution in [3.8, 4) is 0 Å². The summed E-state index contributed by atoms with van der Waals surface area (Å²) in [5.41, 5.74) is 1.96. The highest BCUT2D eigenvalue weighted by Crippen LogP contribution is 2.48. The lowest BCUT2D eigenvalue weighted by Crippen LogP contribution is -2.33. The number of hydrogen-bond acceptors (Lipinski definition) is 1. The monoisotopic (exact) mass is 297 g/mol. The summed E-state index contributed by atoms with van der Waals surface area (Å²) < 4.78 is 25.3. The van der Waals surface area contributed by atoms with Crippen molar-refractivity contribution in [2.45, 2.75) is 63.0 Å². The fourth-order valence-electron chi connectivity index (χ4n) is 2.71. The molecular formula is C16H24FNOS. The third-order valence-corrected chi connectivity index (χ3v) is 5.83. The molecule has 4 heteroatoms. The molecular weight excluding hydrogens is 273 g/mol. The maximum Gasteiger partial charge on any atom is 0.126 e. The van der Waals surface area contributed by atoms with E-state index < -0.39 is 15.7 Å². The summed E-state index contributed by atoms with van der Waals surface area (Å²) in [6, 6.07) is 5.59. The van der Waals surface area contributed by atoms with Gasteiger partial charge in [-0.05, 0) is 61.6 Å². The first-order chi connectivity index (χ1) is 9.16. The van der Waals surface area contributed by atoms with E-state index in [0.29, 0.717) is 12.0 Å². The zero-order valence-corrected chi connectivity index (χ0v) is 13.5. The van der Waals surface area contributed by atoms with Crippen molar-refractivity contribution >= 4 is 11.0 Å². The average molecular weight is 297 g/mol. The first kappa shape index (κ1) is 15.6. The number of nitrogens with two attached hydrogens (primary N) is 1. The van der Waals surface area contributed by atoms with Gasteiger partial charge in [-0.3, -0.25) is 5.14 Å². The molecule has 2 atom stereocenters. The highest BCUT2D eigenvalue weighted by atomic mass is 32.2. The Morgan fingerprint density at radius 2 is 2.05 bits per heavy atom. The van der Waals surface area contributed by atoms with Crippen LogP contribution in [-0.4, -0.2) is 8.96 Å². The number of halogens is 1. The summed E-state index contributed by atoms with van der Waals surface area (Å²) in [4.78, 5) is 0. The number of hydrogen-bond donors (Lipinski definition) is 1. The van der Waals surface area contributed by atoms with Crippen LogP contribution in [0.25, 0.3) is 0 Å². The van der Waals surface area contributed by atoms with Gasteiger partial charge in [0, 0.05) is 0 Å². The second-order valence-corrected chi connectivity index (χ2v) is 8.66. The second kappa shape index (κ2) is 5.23. The van der Waals surface area contributed by atoms with Crippen LogP contribution < -0.4 is 5.14 Å². The highest BCUT2D eigenvalue weighted by molar-refractivity contribution is 7.84. The molecule has 0 amide bonds. The van der Waals surface area contributed by atoms with Gasteiger partial charge in [0.25, 0.3) is 0 Å². The van der Waals surface area contributed by atoms with Gasteiger partial charge in [-0.2, -0.15) is 0 Å². The van der Waals surface area contributed by atoms with Gasteiger partial charge >= 0.3 is 0 Å². The molecule has 1 aliphatic rings. The Morgan fingerprint density at radius 1 is 1.45 bits per heavy atom. The van der Waals surface area contributed by atoms with Crippen LogP contribution in [0.5, 0.6) is 0 Å². The molecule has 20 heavy (non-hydrogen) atoms. The fourth-order valence-corrected chi connectivity index (χ4v) is 3.12. The number of benzene rings is 1. The molecule has 1 aromatic rings. The predicted octanol–water partition coefficient (Wildman–Crippen LogP) is 3.77. The van der Waals surface area contributed by atoms with Crippen molar-refractivity contribution < 1.29 is 8.60 Å². The van der Waals surface area contributed by atoms with E-state index >= 15 is 0 Å². The van der Waals surface area contributed by atoms with Crippen molar-refractivity contribution in [1.82, 2.24) is 0 Å². The van der Waals surface area contributed by atoms with Gasteiger partial charge in [0.05, 0.1) is 15.7 Å². The van der Waals surface area contributed by atoms with Crippen LogP contribution in [-0.2, 0) is 16.4 Å². The van der Waals surface area contributed by atoms with Crippen LogP contribution in [0, 0.1) is 5.82 Å². The molecule has 0 heterocycles. The first-order valence-electron chi connectivity index (χ1n) is 7.12. The van der Waals surface area contributed by atoms with E-state index in [1.54, 1.807) is 6.07 Å². The predicted molar refractivity (Wildman–Crippen MR) is 82.4 cm³/mol. The van der Waals surface area contributed by atoms with E-state index in [1.165, 1.54) is 0 Å². The smallest absolute Gasteiger partial charge is 0.126 e. The quantitative estimate of drug-likeness (QED) is 0.883. The molecule has 0 bridgehead atoms. The SMILES string of the molecule is C[C@@H](CC(C)(C)S(N)=O)c1ccc(C2(C)CC2)cc1F. The Bertz CT molecular complexity index is 537. The largest absolute Gasteiger partial charge is 0.251 e. The van der Waals surface area contributed by atoms with Gasteiger partial charge in [-0.1, -0.05) is 26.0 Å². The molecule has 1 fully saturated rings. The lowest BCUT2D eigenvalue weighted by Gasteiger charge is -2.26. The molecule has 2 rings (SSSR count). The Labute approximate surface area is 123 Å². The van der Waals surface area contributed by atoms with Crippen LogP contribution in [0.2, 0.25) is 0 Å². The Kier molecular flexibility index (Phi) is 4.09. The fraction of sp³-hybridized carbons (Fsp3) is 0.625. The van der Waals surface area contributed by atoms with Gasteiger partial charge in [-0.15, -0.1) is 0 Å². The van der Waals surface area contributed by atoms with Crippen LogP contribution in [0.15, 0.2) is 18.2 Å². The van der Waals surface area contributed by atoms with Crippen molar-refractivity contribution in [2.75, 3.05) is 0 Å². The van der Waals surface area contributed by atoms with E-state index in [2.05, 4.69) is 6.92 Å². The molecule has 112 valence electrons. The van der Waals surface area contributed by atoms with E-state index in [0.717, 1.165) is 18.4 Å². The minimum absolute atomic E-state index is 0.00133. The minimum atomic E-state index is -1.41. The first-order valence-corrected chi connectivity index (χ1v) is 8.33. The average Bonchev–Trinajstić information content (AvgIpc) is 3.07. The van der Waals surface area contributed by atoms with E-state index in [9.17, 15) is 8.60 Å². The Hall–Kier alpha value is -0.740. The van der Waals surface area contributed by atoms with Crippen molar-refractivity contribution in [3.63, 3.8) is 0 Å². The Balaban J connectivity index is 2.18. The lowest BCUT2D eigenvalue weighted by molar-refractivity contribution is 0.515. The third-order valence-electron chi connectivity index (χ3n) is 4.57. The van der Waals surface area contributed by atoms with Gasteiger partial charge in [-0.25, -0.2) is 8.60 Å². The molecule has 0 saturated heterocycles. The molecule has 1 saturated carbocycles. The van der Waals surface area contributed by atoms with Crippen molar-refractivity contribution in [2.24, 2.45) is 5.14 Å². The number of rotatable bonds is 5. The Morgan fingerprint density at radius 3 is 2.50 bits per heavy atom. The molecule has 0 spiro atoms. The molecule has 1 aromatic carbocycles. The van der Waals surface area contributed by atoms with Crippen LogP contribution in [0.3, 0.4) is 0 Å². The topological polar surface area (TPSA) is 43.1 Å². The summed E-state index contributed by atoms with van der Waals surface area (Å²) in [6.07, 6.45) is 2.88. The van der Waals surface area contributed by atoms with E-state index in [1.807, 2.05) is 32.9 Å². The van der Waals surface area contributed by atoms with E-state index in [-0.39, 0.29) is 17.2 Å².